The van der Waals surface area contributed by atoms with E-state index in [0.29, 0.717) is 12.2 Å². The number of carboxylic acids is 1. The van der Waals surface area contributed by atoms with Gasteiger partial charge in [0.1, 0.15) is 5.75 Å². The highest BCUT2D eigenvalue weighted by Gasteiger charge is 2.10. The Morgan fingerprint density at radius 3 is 2.85 bits per heavy atom. The molecule has 0 radical (unpaired) electrons. The zero-order valence-corrected chi connectivity index (χ0v) is 11.1. The molecule has 0 unspecified atom stereocenters. The molecule has 1 N–H and O–H groups in total. The highest BCUT2D eigenvalue weighted by Crippen LogP contribution is 2.14. The molecular formula is C15H15NO4. The van der Waals surface area contributed by atoms with Crippen molar-refractivity contribution in [2.24, 2.45) is 0 Å². The minimum Gasteiger partial charge on any atom is -0.497 e. The summed E-state index contributed by atoms with van der Waals surface area (Å²) in [7, 11) is 1.61. The number of ether oxygens (including phenoxy) is 2. The van der Waals surface area contributed by atoms with Crippen LogP contribution in [0.2, 0.25) is 0 Å². The van der Waals surface area contributed by atoms with E-state index in [0.717, 1.165) is 11.3 Å². The fourth-order valence-electron chi connectivity index (χ4n) is 1.79. The van der Waals surface area contributed by atoms with Crippen molar-refractivity contribution in [1.29, 1.82) is 0 Å². The Kier molecular flexibility index (Phi) is 4.68. The normalized spacial score (nSPS) is 10.2. The molecule has 0 atom stereocenters. The van der Waals surface area contributed by atoms with Crippen molar-refractivity contribution in [3.8, 4) is 5.75 Å². The maximum Gasteiger partial charge on any atom is 0.354 e. The molecule has 2 aromatic rings. The quantitative estimate of drug-likeness (QED) is 0.875. The summed E-state index contributed by atoms with van der Waals surface area (Å²) in [6.45, 7) is 0.581. The summed E-state index contributed by atoms with van der Waals surface area (Å²) in [4.78, 5) is 14.8. The minimum absolute atomic E-state index is 0.0261. The summed E-state index contributed by atoms with van der Waals surface area (Å²) < 4.78 is 10.7. The van der Waals surface area contributed by atoms with Gasteiger partial charge >= 0.3 is 5.97 Å². The molecule has 1 heterocycles. The number of carbonyl (C=O) groups is 1. The molecule has 0 spiro atoms. The van der Waals surface area contributed by atoms with E-state index in [9.17, 15) is 4.79 Å². The molecule has 0 aliphatic carbocycles. The lowest BCUT2D eigenvalue weighted by Gasteiger charge is -2.07. The van der Waals surface area contributed by atoms with Gasteiger partial charge in [0.2, 0.25) is 0 Å². The van der Waals surface area contributed by atoms with Crippen LogP contribution in [0.4, 0.5) is 0 Å². The lowest BCUT2D eigenvalue weighted by Crippen LogP contribution is -2.06. The molecule has 0 aliphatic heterocycles. The number of nitrogens with zero attached hydrogens (tertiary/aromatic N) is 1. The van der Waals surface area contributed by atoms with Crippen LogP contribution in [0, 0.1) is 0 Å². The maximum atomic E-state index is 11.0. The van der Waals surface area contributed by atoms with Gasteiger partial charge in [-0.05, 0) is 23.8 Å². The predicted octanol–water partition coefficient (Wildman–Crippen LogP) is 2.51. The molecule has 1 aromatic heterocycles. The number of aromatic nitrogens is 1. The number of aromatic carboxylic acids is 1. The number of rotatable bonds is 6. The number of hydrogen-bond acceptors (Lipinski definition) is 4. The first-order valence-electron chi connectivity index (χ1n) is 6.08. The third kappa shape index (κ3) is 3.55. The van der Waals surface area contributed by atoms with Gasteiger partial charge in [-0.3, -0.25) is 0 Å². The van der Waals surface area contributed by atoms with E-state index in [1.165, 1.54) is 6.20 Å². The van der Waals surface area contributed by atoms with Crippen molar-refractivity contribution in [1.82, 2.24) is 4.98 Å². The number of methoxy groups -OCH3 is 1. The van der Waals surface area contributed by atoms with E-state index in [1.54, 1.807) is 19.2 Å². The summed E-state index contributed by atoms with van der Waals surface area (Å²) in [6, 6.07) is 10.9. The molecule has 0 saturated heterocycles. The third-order valence-corrected chi connectivity index (χ3v) is 2.75. The smallest absolute Gasteiger partial charge is 0.354 e. The molecule has 5 heteroatoms. The van der Waals surface area contributed by atoms with Gasteiger partial charge in [0.15, 0.2) is 5.69 Å². The van der Waals surface area contributed by atoms with Crippen LogP contribution in [0.25, 0.3) is 0 Å². The monoisotopic (exact) mass is 273 g/mol. The van der Waals surface area contributed by atoms with E-state index >= 15 is 0 Å². The molecule has 0 amide bonds. The van der Waals surface area contributed by atoms with Crippen molar-refractivity contribution in [2.75, 3.05) is 7.11 Å². The van der Waals surface area contributed by atoms with Crippen molar-refractivity contribution >= 4 is 5.97 Å². The molecular weight excluding hydrogens is 258 g/mol. The van der Waals surface area contributed by atoms with Gasteiger partial charge in [-0.2, -0.15) is 0 Å². The van der Waals surface area contributed by atoms with Crippen LogP contribution in [0.1, 0.15) is 21.6 Å². The number of pyridine rings is 1. The Morgan fingerprint density at radius 2 is 2.10 bits per heavy atom. The SMILES string of the molecule is COc1cccc(COCc2cccnc2C(=O)O)c1. The fraction of sp³-hybridized carbons (Fsp3) is 0.200. The van der Waals surface area contributed by atoms with E-state index in [2.05, 4.69) is 4.98 Å². The Bertz CT molecular complexity index is 598. The summed E-state index contributed by atoms with van der Waals surface area (Å²) in [6.07, 6.45) is 1.45. The van der Waals surface area contributed by atoms with Gasteiger partial charge in [0, 0.05) is 11.8 Å². The second-order valence-corrected chi connectivity index (χ2v) is 4.16. The van der Waals surface area contributed by atoms with Gasteiger partial charge in [-0.1, -0.05) is 18.2 Å². The lowest BCUT2D eigenvalue weighted by atomic mass is 10.2. The molecule has 0 bridgehead atoms. The zero-order valence-electron chi connectivity index (χ0n) is 11.1. The number of hydrogen-bond donors (Lipinski definition) is 1. The van der Waals surface area contributed by atoms with Crippen molar-refractivity contribution in [3.63, 3.8) is 0 Å². The number of carboxylic acid groups (broad SMARTS) is 1. The van der Waals surface area contributed by atoms with Crippen LogP contribution in [-0.4, -0.2) is 23.2 Å². The molecule has 0 aliphatic rings. The highest BCUT2D eigenvalue weighted by molar-refractivity contribution is 5.86. The van der Waals surface area contributed by atoms with E-state index in [4.69, 9.17) is 14.6 Å². The maximum absolute atomic E-state index is 11.0. The van der Waals surface area contributed by atoms with Crippen molar-refractivity contribution in [2.45, 2.75) is 13.2 Å². The van der Waals surface area contributed by atoms with Crippen LogP contribution < -0.4 is 4.74 Å². The average Bonchev–Trinajstić information content (AvgIpc) is 2.48. The Labute approximate surface area is 116 Å². The summed E-state index contributed by atoms with van der Waals surface area (Å²) in [5.41, 5.74) is 1.55. The topological polar surface area (TPSA) is 68.7 Å². The molecule has 0 saturated carbocycles. The number of benzene rings is 1. The van der Waals surface area contributed by atoms with Crippen molar-refractivity contribution in [3.05, 3.63) is 59.4 Å². The molecule has 1 aromatic carbocycles. The van der Waals surface area contributed by atoms with Gasteiger partial charge < -0.3 is 14.6 Å². The van der Waals surface area contributed by atoms with Gasteiger partial charge in [-0.15, -0.1) is 0 Å². The van der Waals surface area contributed by atoms with Crippen LogP contribution in [0.3, 0.4) is 0 Å². The third-order valence-electron chi connectivity index (χ3n) is 2.75. The Hall–Kier alpha value is -2.40. The van der Waals surface area contributed by atoms with Crippen LogP contribution in [0.5, 0.6) is 5.75 Å². The highest BCUT2D eigenvalue weighted by atomic mass is 16.5. The van der Waals surface area contributed by atoms with Crippen LogP contribution in [0.15, 0.2) is 42.6 Å². The van der Waals surface area contributed by atoms with Crippen LogP contribution in [-0.2, 0) is 18.0 Å². The Balaban J connectivity index is 1.97. The minimum atomic E-state index is -1.05. The van der Waals surface area contributed by atoms with E-state index < -0.39 is 5.97 Å². The van der Waals surface area contributed by atoms with E-state index in [1.807, 2.05) is 24.3 Å². The summed E-state index contributed by atoms with van der Waals surface area (Å²) in [5, 5.41) is 9.02. The van der Waals surface area contributed by atoms with Crippen LogP contribution >= 0.6 is 0 Å². The molecule has 20 heavy (non-hydrogen) atoms. The molecule has 0 fully saturated rings. The largest absolute Gasteiger partial charge is 0.497 e. The molecule has 104 valence electrons. The summed E-state index contributed by atoms with van der Waals surface area (Å²) >= 11 is 0. The molecule has 2 rings (SSSR count). The lowest BCUT2D eigenvalue weighted by molar-refractivity contribution is 0.0676. The first-order chi connectivity index (χ1) is 9.70. The van der Waals surface area contributed by atoms with Gasteiger partial charge in [0.05, 0.1) is 20.3 Å². The van der Waals surface area contributed by atoms with Gasteiger partial charge in [0.25, 0.3) is 0 Å². The van der Waals surface area contributed by atoms with Crippen molar-refractivity contribution < 1.29 is 19.4 Å². The second kappa shape index (κ2) is 6.68. The van der Waals surface area contributed by atoms with Gasteiger partial charge in [-0.25, -0.2) is 9.78 Å². The first kappa shape index (κ1) is 14.0. The first-order valence-corrected chi connectivity index (χ1v) is 6.08. The molecule has 5 nitrogen and oxygen atoms in total. The summed E-state index contributed by atoms with van der Waals surface area (Å²) in [5.74, 6) is -0.288. The predicted molar refractivity (Wildman–Crippen MR) is 72.7 cm³/mol. The second-order valence-electron chi connectivity index (χ2n) is 4.16. The Morgan fingerprint density at radius 1 is 1.25 bits per heavy atom. The fourth-order valence-corrected chi connectivity index (χ4v) is 1.79. The van der Waals surface area contributed by atoms with E-state index in [-0.39, 0.29) is 12.3 Å². The zero-order chi connectivity index (χ0) is 14.4. The standard InChI is InChI=1S/C15H15NO4/c1-19-13-6-2-4-11(8-13)9-20-10-12-5-3-7-16-14(12)15(17)18/h2-8H,9-10H2,1H3,(H,17,18). The average molecular weight is 273 g/mol.